The van der Waals surface area contributed by atoms with E-state index < -0.39 is 42.5 Å². The van der Waals surface area contributed by atoms with E-state index in [0.717, 1.165) is 0 Å². The van der Waals surface area contributed by atoms with E-state index in [1.165, 1.54) is 10.8 Å². The van der Waals surface area contributed by atoms with Crippen LogP contribution < -0.4 is 0 Å². The smallest absolute Gasteiger partial charge is 0.338 e. The quantitative estimate of drug-likeness (QED) is 0.117. The van der Waals surface area contributed by atoms with E-state index in [2.05, 4.69) is 0 Å². The maximum atomic E-state index is 13.1. The van der Waals surface area contributed by atoms with Gasteiger partial charge in [0, 0.05) is 17.9 Å². The molecule has 4 atom stereocenters. The van der Waals surface area contributed by atoms with E-state index in [9.17, 15) is 14.4 Å². The van der Waals surface area contributed by atoms with Crippen LogP contribution in [0.2, 0.25) is 0 Å². The number of ether oxygens (including phenoxy) is 5. The fraction of sp³-hybridized carbons (Fsp3) is 0.323. The van der Waals surface area contributed by atoms with Crippen molar-refractivity contribution >= 4 is 39.5 Å². The van der Waals surface area contributed by atoms with Crippen molar-refractivity contribution in [2.45, 2.75) is 31.0 Å². The molecule has 1 fully saturated rings. The molecule has 222 valence electrons. The first kappa shape index (κ1) is 31.6. The van der Waals surface area contributed by atoms with Gasteiger partial charge in [0.25, 0.3) is 0 Å². The number of benzene rings is 3. The van der Waals surface area contributed by atoms with E-state index >= 15 is 0 Å². The first-order valence-corrected chi connectivity index (χ1v) is 15.9. The number of aliphatic hydroxyl groups is 1. The van der Waals surface area contributed by atoms with Crippen molar-refractivity contribution in [2.75, 3.05) is 31.3 Å². The number of esters is 3. The van der Waals surface area contributed by atoms with Gasteiger partial charge in [0.1, 0.15) is 18.8 Å². The van der Waals surface area contributed by atoms with Crippen molar-refractivity contribution in [2.24, 2.45) is 0 Å². The van der Waals surface area contributed by atoms with E-state index in [-0.39, 0.29) is 19.6 Å². The van der Waals surface area contributed by atoms with E-state index in [0.29, 0.717) is 34.8 Å². The van der Waals surface area contributed by atoms with Gasteiger partial charge in [-0.05, 0) is 36.4 Å². The number of aliphatic hydroxyl groups excluding tert-OH is 1. The zero-order valence-electron chi connectivity index (χ0n) is 22.7. The molecule has 1 aliphatic rings. The van der Waals surface area contributed by atoms with Crippen LogP contribution in [-0.2, 0) is 23.7 Å². The van der Waals surface area contributed by atoms with Gasteiger partial charge in [-0.1, -0.05) is 76.2 Å². The predicted molar refractivity (Wildman–Crippen MR) is 159 cm³/mol. The summed E-state index contributed by atoms with van der Waals surface area (Å²) in [5.74, 6) is -0.589. The molecule has 0 amide bonds. The minimum absolute atomic E-state index is 0.0862. The second-order valence-corrected chi connectivity index (χ2v) is 11.8. The van der Waals surface area contributed by atoms with Crippen molar-refractivity contribution in [3.8, 4) is 0 Å². The molecule has 0 bridgehead atoms. The first-order chi connectivity index (χ1) is 20.5. The molecule has 0 aromatic heterocycles. The third-order valence-corrected chi connectivity index (χ3v) is 8.47. The Balaban J connectivity index is 1.53. The number of carbonyl (C=O) groups excluding carboxylic acids is 3. The summed E-state index contributed by atoms with van der Waals surface area (Å²) in [5.41, 5.74) is 0.990. The molecule has 1 aliphatic heterocycles. The summed E-state index contributed by atoms with van der Waals surface area (Å²) in [4.78, 5) is 38.9. The highest BCUT2D eigenvalue weighted by atomic mass is 33.1. The lowest BCUT2D eigenvalue weighted by Gasteiger charge is -2.40. The third kappa shape index (κ3) is 9.60. The molecule has 4 rings (SSSR count). The summed E-state index contributed by atoms with van der Waals surface area (Å²) in [6.45, 7) is 0.129. The number of carbonyl (C=O) groups is 3. The number of hydrogen-bond acceptors (Lipinski definition) is 11. The van der Waals surface area contributed by atoms with Crippen LogP contribution in [0.5, 0.6) is 0 Å². The van der Waals surface area contributed by atoms with Crippen LogP contribution in [0.25, 0.3) is 0 Å². The summed E-state index contributed by atoms with van der Waals surface area (Å²) in [6.07, 6.45) is -3.78. The summed E-state index contributed by atoms with van der Waals surface area (Å²) < 4.78 is 29.4. The first-order valence-electron chi connectivity index (χ1n) is 13.4. The lowest BCUT2D eigenvalue weighted by Crippen LogP contribution is -2.54. The molecule has 0 saturated carbocycles. The molecule has 3 aromatic carbocycles. The van der Waals surface area contributed by atoms with Crippen molar-refractivity contribution in [1.29, 1.82) is 0 Å². The van der Waals surface area contributed by atoms with Crippen LogP contribution in [0.3, 0.4) is 0 Å². The second kappa shape index (κ2) is 16.9. The lowest BCUT2D eigenvalue weighted by atomic mass is 10.0. The van der Waals surface area contributed by atoms with Gasteiger partial charge in [0.05, 0.1) is 29.9 Å². The largest absolute Gasteiger partial charge is 0.459 e. The van der Waals surface area contributed by atoms with Gasteiger partial charge in [-0.2, -0.15) is 0 Å². The van der Waals surface area contributed by atoms with E-state index in [4.69, 9.17) is 28.8 Å². The summed E-state index contributed by atoms with van der Waals surface area (Å²) in [6, 6.07) is 25.4. The normalized spacial score (nSPS) is 19.9. The molecule has 1 saturated heterocycles. The van der Waals surface area contributed by atoms with E-state index in [1.54, 1.807) is 102 Å². The Bertz CT molecular complexity index is 1260. The number of rotatable bonds is 14. The topological polar surface area (TPSA) is 118 Å². The zero-order valence-corrected chi connectivity index (χ0v) is 24.4. The van der Waals surface area contributed by atoms with Crippen LogP contribution in [0.15, 0.2) is 91.0 Å². The maximum Gasteiger partial charge on any atom is 0.338 e. The van der Waals surface area contributed by atoms with Gasteiger partial charge in [-0.25, -0.2) is 14.4 Å². The molecule has 3 aromatic rings. The van der Waals surface area contributed by atoms with Crippen LogP contribution in [0, 0.1) is 0 Å². The Hall–Kier alpha value is -3.35. The van der Waals surface area contributed by atoms with Crippen molar-refractivity contribution < 1.29 is 43.2 Å². The van der Waals surface area contributed by atoms with Gasteiger partial charge in [-0.3, -0.25) is 0 Å². The predicted octanol–water partition coefficient (Wildman–Crippen LogP) is 4.80. The SMILES string of the molecule is O=C(OCC1O[C@@H](OCCSSCCO)C[C@@H](OC(=O)c2ccccc2)[C@@H]1OC(=O)c1ccccc1)c1ccccc1. The van der Waals surface area contributed by atoms with Crippen molar-refractivity contribution in [1.82, 2.24) is 0 Å². The standard InChI is InChI=1S/C31H32O9S2/c32-16-18-41-42-19-17-36-27-20-25(39-30(34)23-12-6-2-7-13-23)28(40-31(35)24-14-8-3-9-15-24)26(38-27)21-37-29(33)22-10-4-1-5-11-22/h1-15,25-28,32H,16-21H2/t25-,26?,27-,28+/m1/s1. The third-order valence-electron chi connectivity index (χ3n) is 6.12. The Kier molecular flexibility index (Phi) is 12.7. The van der Waals surface area contributed by atoms with Crippen LogP contribution in [0.4, 0.5) is 0 Å². The average Bonchev–Trinajstić information content (AvgIpc) is 3.04. The molecule has 42 heavy (non-hydrogen) atoms. The van der Waals surface area contributed by atoms with Crippen molar-refractivity contribution in [3.05, 3.63) is 108 Å². The fourth-order valence-corrected chi connectivity index (χ4v) is 5.74. The minimum Gasteiger partial charge on any atom is -0.459 e. The van der Waals surface area contributed by atoms with Crippen molar-refractivity contribution in [3.63, 3.8) is 0 Å². The summed E-state index contributed by atoms with van der Waals surface area (Å²) >= 11 is 0. The maximum absolute atomic E-state index is 13.1. The minimum atomic E-state index is -1.09. The summed E-state index contributed by atoms with van der Waals surface area (Å²) in [7, 11) is 3.07. The van der Waals surface area contributed by atoms with Crippen LogP contribution in [0.1, 0.15) is 37.5 Å². The lowest BCUT2D eigenvalue weighted by molar-refractivity contribution is -0.254. The highest BCUT2D eigenvalue weighted by molar-refractivity contribution is 8.76. The molecule has 1 unspecified atom stereocenters. The molecule has 0 spiro atoms. The van der Waals surface area contributed by atoms with Gasteiger partial charge in [0.15, 0.2) is 12.4 Å². The highest BCUT2D eigenvalue weighted by Gasteiger charge is 2.45. The van der Waals surface area contributed by atoms with Crippen LogP contribution in [-0.4, -0.2) is 78.9 Å². The molecule has 0 aliphatic carbocycles. The van der Waals surface area contributed by atoms with Gasteiger partial charge in [-0.15, -0.1) is 0 Å². The Morgan fingerprint density at radius 3 is 1.83 bits per heavy atom. The molecule has 0 radical (unpaired) electrons. The summed E-state index contributed by atoms with van der Waals surface area (Å²) in [5, 5.41) is 8.96. The average molecular weight is 613 g/mol. The molecular formula is C31H32O9S2. The molecule has 1 heterocycles. The highest BCUT2D eigenvalue weighted by Crippen LogP contribution is 2.29. The Labute approximate surface area is 252 Å². The molecule has 1 N–H and O–H groups in total. The Morgan fingerprint density at radius 2 is 1.26 bits per heavy atom. The van der Waals surface area contributed by atoms with Gasteiger partial charge < -0.3 is 28.8 Å². The van der Waals surface area contributed by atoms with Crippen LogP contribution >= 0.6 is 21.6 Å². The van der Waals surface area contributed by atoms with Gasteiger partial charge in [0.2, 0.25) is 0 Å². The Morgan fingerprint density at radius 1 is 0.738 bits per heavy atom. The zero-order chi connectivity index (χ0) is 29.6. The van der Waals surface area contributed by atoms with E-state index in [1.807, 2.05) is 0 Å². The molecule has 11 heteroatoms. The fourth-order valence-electron chi connectivity index (χ4n) is 4.13. The monoisotopic (exact) mass is 612 g/mol. The molecule has 9 nitrogen and oxygen atoms in total. The molecular weight excluding hydrogens is 580 g/mol. The number of hydrogen-bond donors (Lipinski definition) is 1. The van der Waals surface area contributed by atoms with Gasteiger partial charge >= 0.3 is 17.9 Å². The second-order valence-electron chi connectivity index (χ2n) is 9.09.